The van der Waals surface area contributed by atoms with Gasteiger partial charge in [-0.1, -0.05) is 23.7 Å². The molecule has 9 nitrogen and oxygen atoms in total. The van der Waals surface area contributed by atoms with E-state index in [9.17, 15) is 18.5 Å². The van der Waals surface area contributed by atoms with Gasteiger partial charge in [-0.2, -0.15) is 5.10 Å². The number of halogens is 1. The van der Waals surface area contributed by atoms with E-state index >= 15 is 0 Å². The fourth-order valence-corrected chi connectivity index (χ4v) is 4.09. The molecule has 0 aromatic heterocycles. The molecule has 0 saturated heterocycles. The summed E-state index contributed by atoms with van der Waals surface area (Å²) >= 11 is 5.84. The van der Waals surface area contributed by atoms with Crippen LogP contribution in [-0.4, -0.2) is 26.2 Å². The van der Waals surface area contributed by atoms with E-state index in [-0.39, 0.29) is 22.0 Å². The molecule has 0 spiro atoms. The van der Waals surface area contributed by atoms with Crippen LogP contribution < -0.4 is 14.9 Å². The van der Waals surface area contributed by atoms with Gasteiger partial charge in [-0.05, 0) is 49.4 Å². The van der Waals surface area contributed by atoms with Gasteiger partial charge < -0.3 is 4.74 Å². The van der Waals surface area contributed by atoms with Crippen LogP contribution in [-0.2, 0) is 10.0 Å². The van der Waals surface area contributed by atoms with Gasteiger partial charge in [0.05, 0.1) is 23.4 Å². The maximum absolute atomic E-state index is 13.0. The van der Waals surface area contributed by atoms with Crippen LogP contribution in [0, 0.1) is 10.1 Å². The minimum atomic E-state index is -4.19. The Morgan fingerprint density at radius 1 is 1.09 bits per heavy atom. The van der Waals surface area contributed by atoms with Crippen molar-refractivity contribution in [2.45, 2.75) is 11.8 Å². The Morgan fingerprint density at radius 2 is 1.81 bits per heavy atom. The number of nitrogens with one attached hydrogen (secondary N) is 2. The molecule has 0 bridgehead atoms. The van der Waals surface area contributed by atoms with Crippen molar-refractivity contribution in [2.24, 2.45) is 5.10 Å². The number of anilines is 2. The molecule has 0 aliphatic rings. The number of nitro benzene ring substituents is 1. The van der Waals surface area contributed by atoms with Crippen LogP contribution in [0.15, 0.2) is 76.7 Å². The average molecular weight is 475 g/mol. The second kappa shape index (κ2) is 9.67. The lowest BCUT2D eigenvalue weighted by Gasteiger charge is -2.13. The standard InChI is InChI=1S/C21H19ClN4O5S/c1-14(15-4-3-5-19(12-15)31-2)23-24-20-11-10-18(26(27)28)13-21(20)32(29,30)25-17-8-6-16(22)7-9-17/h3-13,24-25H,1-2H3/b23-14+. The monoisotopic (exact) mass is 474 g/mol. The summed E-state index contributed by atoms with van der Waals surface area (Å²) in [5.74, 6) is 0.641. The second-order valence-corrected chi connectivity index (χ2v) is 8.68. The van der Waals surface area contributed by atoms with Crippen molar-refractivity contribution < 1.29 is 18.1 Å². The molecule has 0 atom stereocenters. The molecule has 0 fully saturated rings. The van der Waals surface area contributed by atoms with Crippen molar-refractivity contribution in [1.29, 1.82) is 0 Å². The number of hydrazone groups is 1. The summed E-state index contributed by atoms with van der Waals surface area (Å²) in [7, 11) is -2.64. The highest BCUT2D eigenvalue weighted by Gasteiger charge is 2.23. The fraction of sp³-hybridized carbons (Fsp3) is 0.0952. The number of non-ortho nitro benzene ring substituents is 1. The highest BCUT2D eigenvalue weighted by molar-refractivity contribution is 7.92. The molecule has 3 aromatic carbocycles. The Morgan fingerprint density at radius 3 is 2.47 bits per heavy atom. The minimum absolute atomic E-state index is 0.0688. The molecule has 0 unspecified atom stereocenters. The van der Waals surface area contributed by atoms with Gasteiger partial charge in [-0.25, -0.2) is 8.42 Å². The number of nitrogens with zero attached hydrogens (tertiary/aromatic N) is 2. The minimum Gasteiger partial charge on any atom is -0.497 e. The zero-order chi connectivity index (χ0) is 23.3. The summed E-state index contributed by atoms with van der Waals surface area (Å²) in [6.07, 6.45) is 0. The van der Waals surface area contributed by atoms with Crippen molar-refractivity contribution in [1.82, 2.24) is 0 Å². The maximum atomic E-state index is 13.0. The molecule has 2 N–H and O–H groups in total. The summed E-state index contributed by atoms with van der Waals surface area (Å²) in [5.41, 5.74) is 3.95. The Labute approximate surface area is 189 Å². The van der Waals surface area contributed by atoms with Crippen molar-refractivity contribution in [2.75, 3.05) is 17.3 Å². The SMILES string of the molecule is COc1cccc(/C(C)=N/Nc2ccc([N+](=O)[O-])cc2S(=O)(=O)Nc2ccc(Cl)cc2)c1. The largest absolute Gasteiger partial charge is 0.497 e. The highest BCUT2D eigenvalue weighted by atomic mass is 35.5. The highest BCUT2D eigenvalue weighted by Crippen LogP contribution is 2.29. The lowest BCUT2D eigenvalue weighted by atomic mass is 10.1. The van der Waals surface area contributed by atoms with Gasteiger partial charge in [-0.3, -0.25) is 20.3 Å². The second-order valence-electron chi connectivity index (χ2n) is 6.59. The van der Waals surface area contributed by atoms with Gasteiger partial charge in [0.1, 0.15) is 10.6 Å². The molecule has 0 saturated carbocycles. The molecule has 0 radical (unpaired) electrons. The first kappa shape index (κ1) is 23.0. The number of rotatable bonds is 8. The third-order valence-electron chi connectivity index (χ3n) is 4.39. The fourth-order valence-electron chi connectivity index (χ4n) is 2.72. The number of sulfonamides is 1. The van der Waals surface area contributed by atoms with E-state index in [4.69, 9.17) is 16.3 Å². The summed E-state index contributed by atoms with van der Waals surface area (Å²) in [6.45, 7) is 1.73. The van der Waals surface area contributed by atoms with E-state index in [2.05, 4.69) is 15.2 Å². The number of hydrogen-bond donors (Lipinski definition) is 2. The summed E-state index contributed by atoms with van der Waals surface area (Å²) in [4.78, 5) is 10.2. The molecule has 166 valence electrons. The van der Waals surface area contributed by atoms with Gasteiger partial charge in [0.25, 0.3) is 15.7 Å². The normalized spacial score (nSPS) is 11.7. The molecular formula is C21H19ClN4O5S. The third-order valence-corrected chi connectivity index (χ3v) is 6.07. The first-order valence-electron chi connectivity index (χ1n) is 9.21. The first-order valence-corrected chi connectivity index (χ1v) is 11.1. The number of hydrogen-bond acceptors (Lipinski definition) is 7. The summed E-state index contributed by atoms with van der Waals surface area (Å²) in [6, 6.07) is 16.6. The predicted molar refractivity (Wildman–Crippen MR) is 124 cm³/mol. The van der Waals surface area contributed by atoms with Crippen molar-refractivity contribution in [3.63, 3.8) is 0 Å². The molecule has 0 amide bonds. The van der Waals surface area contributed by atoms with Gasteiger partial charge in [-0.15, -0.1) is 0 Å². The van der Waals surface area contributed by atoms with Crippen LogP contribution in [0.3, 0.4) is 0 Å². The molecular weight excluding hydrogens is 456 g/mol. The lowest BCUT2D eigenvalue weighted by Crippen LogP contribution is -2.15. The summed E-state index contributed by atoms with van der Waals surface area (Å²) < 4.78 is 33.6. The quantitative estimate of drug-likeness (QED) is 0.272. The number of nitro groups is 1. The lowest BCUT2D eigenvalue weighted by molar-refractivity contribution is -0.385. The van der Waals surface area contributed by atoms with Gasteiger partial charge in [0, 0.05) is 28.4 Å². The molecule has 11 heteroatoms. The third kappa shape index (κ3) is 5.54. The average Bonchev–Trinajstić information content (AvgIpc) is 2.78. The van der Waals surface area contributed by atoms with Crippen LogP contribution in [0.4, 0.5) is 17.1 Å². The van der Waals surface area contributed by atoms with Crippen LogP contribution in [0.2, 0.25) is 5.02 Å². The Kier molecular flexibility index (Phi) is 6.96. The Balaban J connectivity index is 1.97. The van der Waals surface area contributed by atoms with E-state index in [1.807, 2.05) is 6.07 Å². The van der Waals surface area contributed by atoms with Crippen molar-refractivity contribution in [3.05, 3.63) is 87.4 Å². The van der Waals surface area contributed by atoms with Crippen LogP contribution in [0.1, 0.15) is 12.5 Å². The molecule has 0 heterocycles. The molecule has 3 aromatic rings. The van der Waals surface area contributed by atoms with Crippen molar-refractivity contribution in [3.8, 4) is 5.75 Å². The van der Waals surface area contributed by atoms with E-state index in [0.717, 1.165) is 11.6 Å². The zero-order valence-corrected chi connectivity index (χ0v) is 18.6. The number of ether oxygens (including phenoxy) is 1. The number of benzene rings is 3. The van der Waals surface area contributed by atoms with Crippen LogP contribution in [0.25, 0.3) is 0 Å². The van der Waals surface area contributed by atoms with E-state index in [0.29, 0.717) is 16.5 Å². The van der Waals surface area contributed by atoms with Crippen LogP contribution in [0.5, 0.6) is 5.75 Å². The van der Waals surface area contributed by atoms with Crippen LogP contribution >= 0.6 is 11.6 Å². The van der Waals surface area contributed by atoms with E-state index in [1.165, 1.54) is 36.4 Å². The predicted octanol–water partition coefficient (Wildman–Crippen LogP) is 4.89. The molecule has 0 aliphatic carbocycles. The van der Waals surface area contributed by atoms with E-state index in [1.54, 1.807) is 32.2 Å². The maximum Gasteiger partial charge on any atom is 0.270 e. The number of methoxy groups -OCH3 is 1. The van der Waals surface area contributed by atoms with Gasteiger partial charge >= 0.3 is 0 Å². The molecule has 0 aliphatic heterocycles. The Hall–Kier alpha value is -3.63. The first-order chi connectivity index (χ1) is 15.2. The van der Waals surface area contributed by atoms with Crippen molar-refractivity contribution >= 4 is 44.4 Å². The Bertz CT molecular complexity index is 1280. The zero-order valence-electron chi connectivity index (χ0n) is 17.1. The smallest absolute Gasteiger partial charge is 0.270 e. The van der Waals surface area contributed by atoms with Gasteiger partial charge in [0.2, 0.25) is 0 Å². The topological polar surface area (TPSA) is 123 Å². The molecule has 32 heavy (non-hydrogen) atoms. The van der Waals surface area contributed by atoms with Gasteiger partial charge in [0.15, 0.2) is 0 Å². The summed E-state index contributed by atoms with van der Waals surface area (Å²) in [5, 5.41) is 15.9. The van der Waals surface area contributed by atoms with E-state index < -0.39 is 14.9 Å². The molecule has 3 rings (SSSR count).